The molecule has 6 nitrogen and oxygen atoms in total. The summed E-state index contributed by atoms with van der Waals surface area (Å²) in [5, 5.41) is 4.64. The maximum Gasteiger partial charge on any atom is 0.130 e. The first-order valence-electron chi connectivity index (χ1n) is 12.3. The van der Waals surface area contributed by atoms with Crippen LogP contribution in [0, 0.1) is 11.6 Å². The van der Waals surface area contributed by atoms with Gasteiger partial charge < -0.3 is 9.80 Å². The molecule has 0 amide bonds. The second kappa shape index (κ2) is 9.20. The van der Waals surface area contributed by atoms with Gasteiger partial charge in [0, 0.05) is 35.5 Å². The third-order valence-corrected chi connectivity index (χ3v) is 7.41. The summed E-state index contributed by atoms with van der Waals surface area (Å²) in [7, 11) is 2.13. The molecule has 2 atom stereocenters. The lowest BCUT2D eigenvalue weighted by molar-refractivity contribution is 0.212. The zero-order valence-electron chi connectivity index (χ0n) is 20.0. The lowest BCUT2D eigenvalue weighted by Gasteiger charge is -2.29. The van der Waals surface area contributed by atoms with Gasteiger partial charge in [-0.1, -0.05) is 0 Å². The van der Waals surface area contributed by atoms with E-state index in [0.717, 1.165) is 55.3 Å². The number of hydrogen-bond donors (Lipinski definition) is 0. The lowest BCUT2D eigenvalue weighted by atomic mass is 10.0. The molecule has 0 bridgehead atoms. The largest absolute Gasteiger partial charge is 0.346 e. The van der Waals surface area contributed by atoms with E-state index >= 15 is 0 Å². The Morgan fingerprint density at radius 1 is 1.03 bits per heavy atom. The average molecular weight is 493 g/mol. The Morgan fingerprint density at radius 2 is 1.86 bits per heavy atom. The fraction of sp³-hybridized carbons (Fsp3) is 0.370. The van der Waals surface area contributed by atoms with Gasteiger partial charge in [0.05, 0.1) is 35.9 Å². The Morgan fingerprint density at radius 3 is 2.69 bits per heavy atom. The molecule has 4 aromatic rings. The summed E-state index contributed by atoms with van der Waals surface area (Å²) >= 11 is 0. The van der Waals surface area contributed by atoms with Gasteiger partial charge in [-0.2, -0.15) is 5.10 Å². The highest BCUT2D eigenvalue weighted by atomic mass is 19.1. The van der Waals surface area contributed by atoms with Crippen LogP contribution in [-0.4, -0.2) is 57.5 Å². The third-order valence-electron chi connectivity index (χ3n) is 7.41. The quantitative estimate of drug-likeness (QED) is 0.386. The molecule has 1 aromatic carbocycles. The van der Waals surface area contributed by atoms with Gasteiger partial charge in [-0.15, -0.1) is 0 Å². The van der Waals surface area contributed by atoms with Crippen LogP contribution >= 0.6 is 0 Å². The Hall–Kier alpha value is -3.46. The summed E-state index contributed by atoms with van der Waals surface area (Å²) in [5.41, 5.74) is 3.32. The SMILES string of the molecule is CN1CCC(n2cc(-c3ccnc4ccc(N5C[C@@H](F)C[C@@H]5c5cc(F)ccc5F)nc34)cn2)CC1. The summed E-state index contributed by atoms with van der Waals surface area (Å²) < 4.78 is 45.1. The normalized spacial score (nSPS) is 21.5. The first kappa shape index (κ1) is 23.0. The van der Waals surface area contributed by atoms with Crippen LogP contribution in [0.2, 0.25) is 0 Å². The van der Waals surface area contributed by atoms with E-state index in [9.17, 15) is 13.2 Å². The number of pyridine rings is 2. The summed E-state index contributed by atoms with van der Waals surface area (Å²) in [6, 6.07) is 8.54. The van der Waals surface area contributed by atoms with Crippen LogP contribution in [0.4, 0.5) is 19.0 Å². The zero-order chi connectivity index (χ0) is 24.8. The van der Waals surface area contributed by atoms with Crippen LogP contribution in [0.15, 0.2) is 55.0 Å². The third kappa shape index (κ3) is 4.21. The first-order chi connectivity index (χ1) is 17.5. The molecule has 2 aliphatic rings. The predicted molar refractivity (Wildman–Crippen MR) is 132 cm³/mol. The minimum atomic E-state index is -1.17. The van der Waals surface area contributed by atoms with Crippen molar-refractivity contribution in [1.29, 1.82) is 0 Å². The number of halogens is 3. The molecule has 9 heteroatoms. The van der Waals surface area contributed by atoms with E-state index < -0.39 is 23.8 Å². The molecule has 3 aromatic heterocycles. The number of hydrogen-bond acceptors (Lipinski definition) is 5. The molecule has 0 N–H and O–H groups in total. The highest BCUT2D eigenvalue weighted by molar-refractivity contribution is 5.91. The van der Waals surface area contributed by atoms with Gasteiger partial charge in [0.2, 0.25) is 0 Å². The van der Waals surface area contributed by atoms with Crippen molar-refractivity contribution in [2.24, 2.45) is 0 Å². The molecule has 36 heavy (non-hydrogen) atoms. The number of nitrogens with zero attached hydrogens (tertiary/aromatic N) is 6. The molecule has 2 aliphatic heterocycles. The number of likely N-dealkylation sites (tertiary alicyclic amines) is 1. The molecular formula is C27H27F3N6. The zero-order valence-corrected chi connectivity index (χ0v) is 20.0. The molecule has 6 rings (SSSR count). The second-order valence-electron chi connectivity index (χ2n) is 9.81. The molecule has 0 unspecified atom stereocenters. The lowest BCUT2D eigenvalue weighted by Crippen LogP contribution is -2.31. The van der Waals surface area contributed by atoms with Gasteiger partial charge in [-0.25, -0.2) is 18.2 Å². The van der Waals surface area contributed by atoms with Gasteiger partial charge in [0.1, 0.15) is 23.6 Å². The number of benzene rings is 1. The van der Waals surface area contributed by atoms with Gasteiger partial charge >= 0.3 is 0 Å². The number of aromatic nitrogens is 4. The molecule has 0 saturated carbocycles. The smallest absolute Gasteiger partial charge is 0.130 e. The predicted octanol–water partition coefficient (Wildman–Crippen LogP) is 5.33. The Balaban J connectivity index is 1.37. The summed E-state index contributed by atoms with van der Waals surface area (Å²) in [5.74, 6) is -0.591. The Kier molecular flexibility index (Phi) is 5.87. The maximum atomic E-state index is 14.6. The van der Waals surface area contributed by atoms with Crippen molar-refractivity contribution in [1.82, 2.24) is 24.6 Å². The average Bonchev–Trinajstić information content (AvgIpc) is 3.52. The van der Waals surface area contributed by atoms with Gasteiger partial charge in [-0.05, 0) is 69.4 Å². The fourth-order valence-corrected chi connectivity index (χ4v) is 5.45. The molecule has 2 fully saturated rings. The van der Waals surface area contributed by atoms with Crippen LogP contribution < -0.4 is 4.90 Å². The van der Waals surface area contributed by atoms with Crippen LogP contribution in [0.5, 0.6) is 0 Å². The van der Waals surface area contributed by atoms with Crippen molar-refractivity contribution in [2.75, 3.05) is 31.6 Å². The fourth-order valence-electron chi connectivity index (χ4n) is 5.45. The summed E-state index contributed by atoms with van der Waals surface area (Å²) in [6.07, 6.45) is 6.64. The van der Waals surface area contributed by atoms with E-state index in [4.69, 9.17) is 4.98 Å². The number of anilines is 1. The van der Waals surface area contributed by atoms with Crippen LogP contribution in [0.1, 0.15) is 36.9 Å². The molecule has 0 spiro atoms. The molecular weight excluding hydrogens is 465 g/mol. The van der Waals surface area contributed by atoms with Crippen molar-refractivity contribution < 1.29 is 13.2 Å². The van der Waals surface area contributed by atoms with Gasteiger partial charge in [0.25, 0.3) is 0 Å². The van der Waals surface area contributed by atoms with Crippen molar-refractivity contribution in [3.05, 3.63) is 72.2 Å². The molecule has 2 saturated heterocycles. The standard InChI is InChI=1S/C27H27F3N6/c1-34-10-7-20(8-11-34)36-15-17(14-32-36)21-6-9-31-24-4-5-26(33-27(21)24)35-16-19(29)13-25(35)22-12-18(28)2-3-23(22)30/h2-6,9,12,14-15,19-20,25H,7-8,10-11,13,16H2,1H3/t19-,25+/m0/s1. The second-order valence-corrected chi connectivity index (χ2v) is 9.81. The summed E-state index contributed by atoms with van der Waals surface area (Å²) in [4.78, 5) is 13.4. The van der Waals surface area contributed by atoms with Crippen LogP contribution in [-0.2, 0) is 0 Å². The Bertz CT molecular complexity index is 1400. The van der Waals surface area contributed by atoms with Crippen molar-refractivity contribution in [3.63, 3.8) is 0 Å². The maximum absolute atomic E-state index is 14.6. The van der Waals surface area contributed by atoms with E-state index in [1.165, 1.54) is 0 Å². The van der Waals surface area contributed by atoms with Crippen LogP contribution in [0.25, 0.3) is 22.2 Å². The van der Waals surface area contributed by atoms with E-state index in [2.05, 4.69) is 28.2 Å². The van der Waals surface area contributed by atoms with Crippen molar-refractivity contribution in [2.45, 2.75) is 37.5 Å². The van der Waals surface area contributed by atoms with E-state index in [0.29, 0.717) is 22.9 Å². The molecule has 0 aliphatic carbocycles. The van der Waals surface area contributed by atoms with Gasteiger partial charge in [-0.3, -0.25) is 9.67 Å². The number of fused-ring (bicyclic) bond motifs is 1. The van der Waals surface area contributed by atoms with E-state index in [1.54, 1.807) is 17.2 Å². The monoisotopic (exact) mass is 492 g/mol. The minimum Gasteiger partial charge on any atom is -0.346 e. The van der Waals surface area contributed by atoms with Gasteiger partial charge in [0.15, 0.2) is 0 Å². The Labute approximate surface area is 207 Å². The molecule has 186 valence electrons. The first-order valence-corrected chi connectivity index (χ1v) is 12.3. The highest BCUT2D eigenvalue weighted by Gasteiger charge is 2.36. The minimum absolute atomic E-state index is 0.0583. The van der Waals surface area contributed by atoms with E-state index in [1.807, 2.05) is 23.0 Å². The number of piperidine rings is 1. The van der Waals surface area contributed by atoms with Crippen molar-refractivity contribution >= 4 is 16.9 Å². The number of rotatable bonds is 4. The van der Waals surface area contributed by atoms with E-state index in [-0.39, 0.29) is 18.5 Å². The summed E-state index contributed by atoms with van der Waals surface area (Å²) in [6.45, 7) is 2.14. The molecule has 5 heterocycles. The molecule has 0 radical (unpaired) electrons. The number of alkyl halides is 1. The van der Waals surface area contributed by atoms with Crippen LogP contribution in [0.3, 0.4) is 0 Å². The van der Waals surface area contributed by atoms with Crippen molar-refractivity contribution in [3.8, 4) is 11.1 Å². The topological polar surface area (TPSA) is 50.1 Å². The highest BCUT2D eigenvalue weighted by Crippen LogP contribution is 2.39.